The molecule has 6 rings (SSSR count). The van der Waals surface area contributed by atoms with E-state index in [0.717, 1.165) is 36.1 Å². The third kappa shape index (κ3) is 3.71. The average Bonchev–Trinajstić information content (AvgIpc) is 3.65. The molecule has 1 fully saturated rings. The predicted molar refractivity (Wildman–Crippen MR) is 146 cm³/mol. The van der Waals surface area contributed by atoms with Crippen molar-refractivity contribution in [2.24, 2.45) is 0 Å². The maximum absolute atomic E-state index is 13.8. The maximum Gasteiger partial charge on any atom is 0.271 e. The third-order valence-corrected chi connectivity index (χ3v) is 12.8. The molecular weight excluding hydrogens is 462 g/mol. The zero-order valence-electron chi connectivity index (χ0n) is 21.2. The van der Waals surface area contributed by atoms with Crippen molar-refractivity contribution >= 4 is 35.6 Å². The number of carbonyl (C=O) groups is 1. The molecule has 0 bridgehead atoms. The second kappa shape index (κ2) is 8.71. The molecule has 3 heterocycles. The average molecular weight is 496 g/mol. The zero-order chi connectivity index (χ0) is 24.9. The predicted octanol–water partition coefficient (Wildman–Crippen LogP) is 4.60. The fourth-order valence-corrected chi connectivity index (χ4v) is 10.6. The van der Waals surface area contributed by atoms with Crippen molar-refractivity contribution in [3.8, 4) is 0 Å². The van der Waals surface area contributed by atoms with Gasteiger partial charge in [0, 0.05) is 18.8 Å². The molecule has 184 valence electrons. The summed E-state index contributed by atoms with van der Waals surface area (Å²) in [5.74, 6) is 0.109. The van der Waals surface area contributed by atoms with Crippen LogP contribution >= 0.6 is 0 Å². The molecule has 6 heteroatoms. The molecule has 0 radical (unpaired) electrons. The molecular formula is C30H33N3O2Si. The lowest BCUT2D eigenvalue weighted by atomic mass is 10.1. The lowest BCUT2D eigenvalue weighted by Crippen LogP contribution is -2.67. The molecule has 5 nitrogen and oxygen atoms in total. The van der Waals surface area contributed by atoms with E-state index in [1.165, 1.54) is 10.4 Å². The number of aromatic nitrogens is 2. The summed E-state index contributed by atoms with van der Waals surface area (Å²) in [5, 5.41) is 2.42. The van der Waals surface area contributed by atoms with Gasteiger partial charge in [-0.3, -0.25) is 9.78 Å². The number of pyridine rings is 1. The molecule has 0 saturated heterocycles. The van der Waals surface area contributed by atoms with Crippen LogP contribution in [0.5, 0.6) is 0 Å². The molecule has 36 heavy (non-hydrogen) atoms. The fraction of sp³-hybridized carbons (Fsp3) is 0.333. The van der Waals surface area contributed by atoms with Gasteiger partial charge in [-0.15, -0.1) is 0 Å². The molecule has 0 N–H and O–H groups in total. The van der Waals surface area contributed by atoms with Crippen LogP contribution in [0.2, 0.25) is 5.04 Å². The van der Waals surface area contributed by atoms with E-state index < -0.39 is 8.32 Å². The number of amides is 1. The summed E-state index contributed by atoms with van der Waals surface area (Å²) in [6, 6.07) is 27.7. The Morgan fingerprint density at radius 2 is 1.58 bits per heavy atom. The third-order valence-electron chi connectivity index (χ3n) is 7.76. The van der Waals surface area contributed by atoms with E-state index >= 15 is 0 Å². The lowest BCUT2D eigenvalue weighted by molar-refractivity contribution is 0.0481. The number of hydrogen-bond acceptors (Lipinski definition) is 3. The standard InChI is InChI=1S/C30H33N3O2Si/c1-30(2,3)36(24-11-6-4-7-12-24,25-13-8-5-9-14-25)35-21-23-20-32-27-15-10-18-31-26(27)19-28(32)29(34)33(23)22-16-17-22/h4-15,18-19,22-23H,16-17,20-21H2,1-3H3/t23-/m0/s1. The van der Waals surface area contributed by atoms with E-state index in [0.29, 0.717) is 12.6 Å². The summed E-state index contributed by atoms with van der Waals surface area (Å²) < 4.78 is 9.44. The van der Waals surface area contributed by atoms with Crippen molar-refractivity contribution in [2.45, 2.75) is 57.3 Å². The number of rotatable bonds is 6. The van der Waals surface area contributed by atoms with Gasteiger partial charge in [-0.1, -0.05) is 81.4 Å². The minimum Gasteiger partial charge on any atom is -0.405 e. The Labute approximate surface area is 213 Å². The molecule has 2 aromatic carbocycles. The first-order valence-electron chi connectivity index (χ1n) is 12.9. The van der Waals surface area contributed by atoms with Gasteiger partial charge in [0.1, 0.15) is 5.69 Å². The molecule has 1 aliphatic heterocycles. The highest BCUT2D eigenvalue weighted by Crippen LogP contribution is 2.39. The first-order valence-corrected chi connectivity index (χ1v) is 14.8. The van der Waals surface area contributed by atoms with Crippen LogP contribution in [-0.2, 0) is 11.0 Å². The zero-order valence-corrected chi connectivity index (χ0v) is 22.2. The topological polar surface area (TPSA) is 47.4 Å². The van der Waals surface area contributed by atoms with Gasteiger partial charge in [0.2, 0.25) is 0 Å². The van der Waals surface area contributed by atoms with Crippen LogP contribution in [0, 0.1) is 0 Å². The van der Waals surface area contributed by atoms with Crippen molar-refractivity contribution in [1.82, 2.24) is 14.5 Å². The molecule has 0 spiro atoms. The molecule has 1 amide bonds. The summed E-state index contributed by atoms with van der Waals surface area (Å²) in [7, 11) is -2.69. The van der Waals surface area contributed by atoms with Crippen molar-refractivity contribution < 1.29 is 9.22 Å². The normalized spacial score (nSPS) is 18.5. The Balaban J connectivity index is 1.42. The number of nitrogens with zero attached hydrogens (tertiary/aromatic N) is 3. The number of carbonyl (C=O) groups excluding carboxylic acids is 1. The molecule has 1 atom stereocenters. The van der Waals surface area contributed by atoms with Gasteiger partial charge < -0.3 is 13.9 Å². The molecule has 2 aromatic heterocycles. The summed E-state index contributed by atoms with van der Waals surface area (Å²) in [5.41, 5.74) is 2.65. The molecule has 1 saturated carbocycles. The van der Waals surface area contributed by atoms with E-state index in [-0.39, 0.29) is 17.0 Å². The van der Waals surface area contributed by atoms with E-state index in [9.17, 15) is 4.79 Å². The van der Waals surface area contributed by atoms with E-state index in [4.69, 9.17) is 4.43 Å². The quantitative estimate of drug-likeness (QED) is 0.367. The van der Waals surface area contributed by atoms with Crippen LogP contribution < -0.4 is 10.4 Å². The van der Waals surface area contributed by atoms with Crippen molar-refractivity contribution in [2.75, 3.05) is 6.61 Å². The van der Waals surface area contributed by atoms with Gasteiger partial charge in [-0.25, -0.2) is 0 Å². The van der Waals surface area contributed by atoms with Gasteiger partial charge in [0.25, 0.3) is 14.2 Å². The smallest absolute Gasteiger partial charge is 0.271 e. The Morgan fingerprint density at radius 1 is 0.944 bits per heavy atom. The summed E-state index contributed by atoms with van der Waals surface area (Å²) in [6.07, 6.45) is 3.93. The Bertz CT molecular complexity index is 1350. The van der Waals surface area contributed by atoms with Crippen LogP contribution in [0.3, 0.4) is 0 Å². The monoisotopic (exact) mass is 495 g/mol. The minimum atomic E-state index is -2.69. The van der Waals surface area contributed by atoms with Crippen molar-refractivity contribution in [3.63, 3.8) is 0 Å². The second-order valence-electron chi connectivity index (χ2n) is 11.1. The maximum atomic E-state index is 13.8. The number of benzene rings is 2. The number of hydrogen-bond donors (Lipinski definition) is 0. The highest BCUT2D eigenvalue weighted by molar-refractivity contribution is 6.99. The molecule has 1 aliphatic carbocycles. The number of fused-ring (bicyclic) bond motifs is 3. The van der Waals surface area contributed by atoms with Crippen LogP contribution in [-0.4, -0.2) is 47.4 Å². The highest BCUT2D eigenvalue weighted by Gasteiger charge is 2.51. The van der Waals surface area contributed by atoms with Crippen molar-refractivity contribution in [1.29, 1.82) is 0 Å². The molecule has 2 aliphatic rings. The van der Waals surface area contributed by atoms with Gasteiger partial charge >= 0.3 is 0 Å². The van der Waals surface area contributed by atoms with Crippen LogP contribution in [0.4, 0.5) is 0 Å². The van der Waals surface area contributed by atoms with E-state index in [1.54, 1.807) is 6.20 Å². The lowest BCUT2D eigenvalue weighted by Gasteiger charge is -2.45. The summed E-state index contributed by atoms with van der Waals surface area (Å²) in [4.78, 5) is 20.4. The van der Waals surface area contributed by atoms with Crippen molar-refractivity contribution in [3.05, 3.63) is 90.8 Å². The van der Waals surface area contributed by atoms with Gasteiger partial charge in [0.05, 0.1) is 23.7 Å². The van der Waals surface area contributed by atoms with E-state index in [1.807, 2.05) is 12.1 Å². The van der Waals surface area contributed by atoms with Crippen LogP contribution in [0.25, 0.3) is 11.0 Å². The van der Waals surface area contributed by atoms with Crippen LogP contribution in [0.1, 0.15) is 44.1 Å². The second-order valence-corrected chi connectivity index (χ2v) is 15.4. The van der Waals surface area contributed by atoms with Gasteiger partial charge in [0.15, 0.2) is 0 Å². The largest absolute Gasteiger partial charge is 0.405 e. The van der Waals surface area contributed by atoms with Crippen LogP contribution in [0.15, 0.2) is 85.1 Å². The fourth-order valence-electron chi connectivity index (χ4n) is 5.99. The Morgan fingerprint density at radius 3 is 2.17 bits per heavy atom. The van der Waals surface area contributed by atoms with Gasteiger partial charge in [-0.05, 0) is 46.5 Å². The Kier molecular flexibility index (Phi) is 5.61. The minimum absolute atomic E-state index is 0.0186. The molecule has 4 aromatic rings. The first kappa shape index (κ1) is 23.2. The highest BCUT2D eigenvalue weighted by atomic mass is 28.4. The first-order chi connectivity index (χ1) is 17.4. The van der Waals surface area contributed by atoms with Gasteiger partial charge in [-0.2, -0.15) is 0 Å². The van der Waals surface area contributed by atoms with E-state index in [2.05, 4.69) is 102 Å². The molecule has 0 unspecified atom stereocenters. The SMILES string of the molecule is CC(C)(C)[Si](OC[C@@H]1Cn2c(cc3ncccc32)C(=O)N1C1CC1)(c1ccccc1)c1ccccc1. The summed E-state index contributed by atoms with van der Waals surface area (Å²) in [6.45, 7) is 8.13. The Hall–Kier alpha value is -3.22. The summed E-state index contributed by atoms with van der Waals surface area (Å²) >= 11 is 0.